The molecule has 0 aliphatic rings. The van der Waals surface area contributed by atoms with Crippen LogP contribution in [0.25, 0.3) is 0 Å². The summed E-state index contributed by atoms with van der Waals surface area (Å²) < 4.78 is 35.4. The number of carbonyl (C=O) groups excluding carboxylic acids is 1. The fraction of sp³-hybridized carbons (Fsp3) is 0.400. The lowest BCUT2D eigenvalue weighted by Gasteiger charge is -2.06. The van der Waals surface area contributed by atoms with Crippen LogP contribution in [0, 0.1) is 0 Å². The van der Waals surface area contributed by atoms with Gasteiger partial charge >= 0.3 is 6.18 Å². The Kier molecular flexibility index (Phi) is 5.27. The van der Waals surface area contributed by atoms with Gasteiger partial charge in [0.15, 0.2) is 0 Å². The number of anilines is 1. The Bertz CT molecular complexity index is 356. The number of hydrogen-bond donors (Lipinski definition) is 1. The van der Waals surface area contributed by atoms with E-state index in [4.69, 9.17) is 0 Å². The van der Waals surface area contributed by atoms with E-state index in [1.807, 2.05) is 0 Å². The summed E-state index contributed by atoms with van der Waals surface area (Å²) in [5, 5.41) is 2.49. The van der Waals surface area contributed by atoms with Crippen molar-refractivity contribution in [1.82, 2.24) is 4.98 Å². The van der Waals surface area contributed by atoms with Crippen LogP contribution in [0.5, 0.6) is 0 Å². The smallest absolute Gasteiger partial charge is 0.310 e. The van der Waals surface area contributed by atoms with E-state index in [1.165, 1.54) is 6.20 Å². The zero-order valence-electron chi connectivity index (χ0n) is 8.83. The normalized spacial score (nSPS) is 11.2. The number of rotatable bonds is 5. The van der Waals surface area contributed by atoms with Gasteiger partial charge in [-0.1, -0.05) is 6.07 Å². The van der Waals surface area contributed by atoms with Gasteiger partial charge in [0.1, 0.15) is 5.82 Å². The van der Waals surface area contributed by atoms with E-state index in [2.05, 4.69) is 10.3 Å². The van der Waals surface area contributed by atoms with Crippen LogP contribution in [0.3, 0.4) is 0 Å². The minimum absolute atomic E-state index is 0.00729. The van der Waals surface area contributed by atoms with Crippen molar-refractivity contribution in [2.24, 2.45) is 0 Å². The number of nitrogens with zero attached hydrogens (tertiary/aromatic N) is 1. The number of aromatic nitrogens is 1. The zero-order chi connectivity index (χ0) is 12.7. The summed E-state index contributed by atoms with van der Waals surface area (Å²) in [7, 11) is 0. The number of nitrogens with one attached hydrogen (secondary N) is 1. The van der Waals surface area contributed by atoms with Gasteiger partial charge in [0.05, 0.1) is 12.2 Å². The highest BCUT2D eigenvalue weighted by molar-refractivity contribution is 7.99. The van der Waals surface area contributed by atoms with Crippen LogP contribution < -0.4 is 5.32 Å². The molecule has 0 atom stereocenters. The number of alkyl halides is 3. The van der Waals surface area contributed by atoms with Crippen LogP contribution in [-0.4, -0.2) is 28.6 Å². The molecule has 1 aromatic rings. The van der Waals surface area contributed by atoms with Gasteiger partial charge in [-0.3, -0.25) is 4.79 Å². The third kappa shape index (κ3) is 6.83. The highest BCUT2D eigenvalue weighted by Crippen LogP contribution is 2.21. The molecule has 0 radical (unpaired) electrons. The summed E-state index contributed by atoms with van der Waals surface area (Å²) in [5.41, 5.74) is 0. The van der Waals surface area contributed by atoms with Crippen molar-refractivity contribution >= 4 is 23.5 Å². The molecule has 0 saturated carbocycles. The van der Waals surface area contributed by atoms with Gasteiger partial charge in [-0.05, 0) is 12.1 Å². The van der Waals surface area contributed by atoms with Crippen LogP contribution in [0.4, 0.5) is 19.0 Å². The third-order valence-electron chi connectivity index (χ3n) is 1.70. The Hall–Kier alpha value is -1.24. The van der Waals surface area contributed by atoms with Gasteiger partial charge < -0.3 is 5.32 Å². The fourth-order valence-corrected chi connectivity index (χ4v) is 1.75. The molecule has 0 unspecified atom stereocenters. The molecule has 0 aliphatic heterocycles. The predicted molar refractivity (Wildman–Crippen MR) is 60.9 cm³/mol. The van der Waals surface area contributed by atoms with Crippen molar-refractivity contribution in [3.8, 4) is 0 Å². The largest absolute Gasteiger partial charge is 0.389 e. The summed E-state index contributed by atoms with van der Waals surface area (Å²) in [4.78, 5) is 15.1. The Morgan fingerprint density at radius 1 is 1.41 bits per heavy atom. The second-order valence-electron chi connectivity index (χ2n) is 3.18. The molecule has 0 saturated heterocycles. The number of thioether (sulfide) groups is 1. The standard InChI is InChI=1S/C10H11F3N2OS/c11-10(12,13)4-6-17-7-9(16)15-8-3-1-2-5-14-8/h1-3,5H,4,6-7H2,(H,14,15,16). The van der Waals surface area contributed by atoms with Crippen molar-refractivity contribution in [3.05, 3.63) is 24.4 Å². The monoisotopic (exact) mass is 264 g/mol. The minimum Gasteiger partial charge on any atom is -0.310 e. The zero-order valence-corrected chi connectivity index (χ0v) is 9.64. The van der Waals surface area contributed by atoms with Gasteiger partial charge in [0.25, 0.3) is 0 Å². The number of pyridine rings is 1. The van der Waals surface area contributed by atoms with Crippen LogP contribution in [0.1, 0.15) is 6.42 Å². The van der Waals surface area contributed by atoms with E-state index in [0.29, 0.717) is 5.82 Å². The second-order valence-corrected chi connectivity index (χ2v) is 4.29. The van der Waals surface area contributed by atoms with E-state index in [1.54, 1.807) is 18.2 Å². The number of hydrogen-bond acceptors (Lipinski definition) is 3. The van der Waals surface area contributed by atoms with E-state index >= 15 is 0 Å². The fourth-order valence-electron chi connectivity index (χ4n) is 0.968. The molecule has 3 nitrogen and oxygen atoms in total. The van der Waals surface area contributed by atoms with Crippen molar-refractivity contribution in [3.63, 3.8) is 0 Å². The summed E-state index contributed by atoms with van der Waals surface area (Å²) >= 11 is 0.948. The maximum absolute atomic E-state index is 11.8. The van der Waals surface area contributed by atoms with E-state index in [9.17, 15) is 18.0 Å². The molecule has 0 aliphatic carbocycles. The highest BCUT2D eigenvalue weighted by Gasteiger charge is 2.26. The first-order valence-electron chi connectivity index (χ1n) is 4.83. The molecule has 1 aromatic heterocycles. The minimum atomic E-state index is -4.16. The molecule has 0 aromatic carbocycles. The van der Waals surface area contributed by atoms with Gasteiger partial charge in [-0.25, -0.2) is 4.98 Å². The first-order chi connectivity index (χ1) is 7.97. The molecule has 0 fully saturated rings. The average molecular weight is 264 g/mol. The highest BCUT2D eigenvalue weighted by atomic mass is 32.2. The Labute approximate surface area is 101 Å². The number of carbonyl (C=O) groups is 1. The maximum Gasteiger partial charge on any atom is 0.389 e. The number of halogens is 3. The SMILES string of the molecule is O=C(CSCCC(F)(F)F)Nc1ccccn1. The summed E-state index contributed by atoms with van der Waals surface area (Å²) in [5.74, 6) is -0.0731. The van der Waals surface area contributed by atoms with Crippen LogP contribution in [0.15, 0.2) is 24.4 Å². The lowest BCUT2D eigenvalue weighted by molar-refractivity contribution is -0.129. The summed E-state index contributed by atoms with van der Waals surface area (Å²) in [6.45, 7) is 0. The maximum atomic E-state index is 11.8. The van der Waals surface area contributed by atoms with Crippen LogP contribution in [-0.2, 0) is 4.79 Å². The molecule has 7 heteroatoms. The first-order valence-corrected chi connectivity index (χ1v) is 5.98. The van der Waals surface area contributed by atoms with Crippen molar-refractivity contribution in [2.75, 3.05) is 16.8 Å². The molecule has 17 heavy (non-hydrogen) atoms. The second kappa shape index (κ2) is 6.48. The van der Waals surface area contributed by atoms with Gasteiger partial charge in [-0.15, -0.1) is 0 Å². The van der Waals surface area contributed by atoms with E-state index < -0.39 is 12.6 Å². The molecule has 1 amide bonds. The van der Waals surface area contributed by atoms with Crippen molar-refractivity contribution in [2.45, 2.75) is 12.6 Å². The summed E-state index contributed by atoms with van der Waals surface area (Å²) in [6.07, 6.45) is -3.52. The Morgan fingerprint density at radius 2 is 2.18 bits per heavy atom. The van der Waals surface area contributed by atoms with E-state index in [-0.39, 0.29) is 17.4 Å². The lowest BCUT2D eigenvalue weighted by Crippen LogP contribution is -2.16. The Balaban J connectivity index is 2.18. The molecule has 1 rings (SSSR count). The van der Waals surface area contributed by atoms with Gasteiger partial charge in [-0.2, -0.15) is 24.9 Å². The Morgan fingerprint density at radius 3 is 2.76 bits per heavy atom. The quantitative estimate of drug-likeness (QED) is 0.831. The van der Waals surface area contributed by atoms with Gasteiger partial charge in [0.2, 0.25) is 5.91 Å². The molecule has 94 valence electrons. The first kappa shape index (κ1) is 13.8. The molecule has 0 bridgehead atoms. The van der Waals surface area contributed by atoms with Crippen LogP contribution in [0.2, 0.25) is 0 Å². The third-order valence-corrected chi connectivity index (χ3v) is 2.65. The predicted octanol–water partition coefficient (Wildman–Crippen LogP) is 2.71. The molecule has 0 spiro atoms. The molecular weight excluding hydrogens is 253 g/mol. The van der Waals surface area contributed by atoms with Crippen molar-refractivity contribution < 1.29 is 18.0 Å². The molecule has 1 N–H and O–H groups in total. The lowest BCUT2D eigenvalue weighted by atomic mass is 10.4. The van der Waals surface area contributed by atoms with Crippen LogP contribution >= 0.6 is 11.8 Å². The van der Waals surface area contributed by atoms with Gasteiger partial charge in [0, 0.05) is 11.9 Å². The molecular formula is C10H11F3N2OS. The van der Waals surface area contributed by atoms with E-state index in [0.717, 1.165) is 11.8 Å². The summed E-state index contributed by atoms with van der Waals surface area (Å²) in [6, 6.07) is 5.02. The molecule has 1 heterocycles. The average Bonchev–Trinajstić information content (AvgIpc) is 2.25. The topological polar surface area (TPSA) is 42.0 Å². The number of amides is 1. The van der Waals surface area contributed by atoms with Crippen molar-refractivity contribution in [1.29, 1.82) is 0 Å².